The molecule has 0 spiro atoms. The summed E-state index contributed by atoms with van der Waals surface area (Å²) in [7, 11) is 0. The first-order chi connectivity index (χ1) is 16.1. The van der Waals surface area contributed by atoms with Crippen LogP contribution in [0.3, 0.4) is 0 Å². The summed E-state index contributed by atoms with van der Waals surface area (Å²) in [6.07, 6.45) is 9.33. The Hall–Kier alpha value is -4.46. The average molecular weight is 438 g/mol. The van der Waals surface area contributed by atoms with Crippen molar-refractivity contribution in [3.63, 3.8) is 0 Å². The average Bonchev–Trinajstić information content (AvgIpc) is 3.44. The normalized spacial score (nSPS) is 10.9. The molecule has 0 saturated carbocycles. The van der Waals surface area contributed by atoms with Crippen molar-refractivity contribution >= 4 is 17.4 Å². The van der Waals surface area contributed by atoms with Gasteiger partial charge in [-0.15, -0.1) is 0 Å². The van der Waals surface area contributed by atoms with E-state index >= 15 is 0 Å². The van der Waals surface area contributed by atoms with Crippen LogP contribution in [0.15, 0.2) is 85.6 Å². The molecule has 1 aromatic carbocycles. The maximum absolute atomic E-state index is 12.6. The minimum atomic E-state index is -0.233. The van der Waals surface area contributed by atoms with Crippen LogP contribution in [0, 0.1) is 6.92 Å². The number of amides is 1. The molecule has 0 fully saturated rings. The van der Waals surface area contributed by atoms with Crippen molar-refractivity contribution in [2.24, 2.45) is 0 Å². The van der Waals surface area contributed by atoms with Gasteiger partial charge >= 0.3 is 0 Å². The van der Waals surface area contributed by atoms with Gasteiger partial charge in [0.15, 0.2) is 5.82 Å². The molecule has 1 N–H and O–H groups in total. The lowest BCUT2D eigenvalue weighted by Crippen LogP contribution is -2.12. The summed E-state index contributed by atoms with van der Waals surface area (Å²) >= 11 is 0. The third-order valence-electron chi connectivity index (χ3n) is 5.10. The number of aromatic nitrogens is 5. The zero-order valence-electron chi connectivity index (χ0n) is 18.0. The molecule has 0 atom stereocenters. The second kappa shape index (κ2) is 8.96. The minimum absolute atomic E-state index is 0.233. The molecule has 4 heterocycles. The molecular weight excluding hydrogens is 416 g/mol. The van der Waals surface area contributed by atoms with Crippen LogP contribution in [0.2, 0.25) is 0 Å². The van der Waals surface area contributed by atoms with E-state index < -0.39 is 0 Å². The van der Waals surface area contributed by atoms with E-state index in [1.807, 2.05) is 54.2 Å². The van der Waals surface area contributed by atoms with Crippen LogP contribution in [0.25, 0.3) is 5.65 Å². The highest BCUT2D eigenvalue weighted by atomic mass is 16.5. The van der Waals surface area contributed by atoms with Gasteiger partial charge in [0.25, 0.3) is 5.91 Å². The largest absolute Gasteiger partial charge is 0.487 e. The van der Waals surface area contributed by atoms with Gasteiger partial charge < -0.3 is 14.5 Å². The Morgan fingerprint density at radius 2 is 1.94 bits per heavy atom. The summed E-state index contributed by atoms with van der Waals surface area (Å²) in [6.45, 7) is 2.98. The van der Waals surface area contributed by atoms with Crippen LogP contribution in [0.4, 0.5) is 5.82 Å². The number of benzene rings is 1. The molecule has 0 radical (unpaired) electrons. The lowest BCUT2D eigenvalue weighted by Gasteiger charge is -2.06. The first-order valence-electron chi connectivity index (χ1n) is 10.5. The molecule has 0 bridgehead atoms. The molecule has 4 aromatic heterocycles. The van der Waals surface area contributed by atoms with Gasteiger partial charge in [-0.2, -0.15) is 5.10 Å². The van der Waals surface area contributed by atoms with E-state index in [1.165, 1.54) is 5.56 Å². The van der Waals surface area contributed by atoms with Crippen LogP contribution in [0.1, 0.15) is 27.2 Å². The first-order valence-corrected chi connectivity index (χ1v) is 10.5. The van der Waals surface area contributed by atoms with Gasteiger partial charge in [-0.3, -0.25) is 14.5 Å². The number of imidazole rings is 1. The zero-order chi connectivity index (χ0) is 22.6. The Balaban J connectivity index is 1.17. The van der Waals surface area contributed by atoms with E-state index in [-0.39, 0.29) is 5.91 Å². The highest BCUT2D eigenvalue weighted by Gasteiger charge is 2.09. The molecule has 33 heavy (non-hydrogen) atoms. The molecule has 8 nitrogen and oxygen atoms in total. The minimum Gasteiger partial charge on any atom is -0.487 e. The number of carbonyl (C=O) groups excluding carboxylic acids is 1. The smallest absolute Gasteiger partial charge is 0.256 e. The number of nitrogens with zero attached hydrogens (tertiary/aromatic N) is 5. The van der Waals surface area contributed by atoms with Crippen LogP contribution < -0.4 is 10.1 Å². The predicted octanol–water partition coefficient (Wildman–Crippen LogP) is 4.11. The Kier molecular flexibility index (Phi) is 5.55. The van der Waals surface area contributed by atoms with E-state index in [2.05, 4.69) is 20.4 Å². The first kappa shape index (κ1) is 20.4. The Morgan fingerprint density at radius 1 is 1.06 bits per heavy atom. The van der Waals surface area contributed by atoms with Crippen molar-refractivity contribution in [2.75, 3.05) is 5.32 Å². The molecule has 8 heteroatoms. The Labute approximate surface area is 190 Å². The number of nitrogens with one attached hydrogen (secondary N) is 1. The maximum atomic E-state index is 12.6. The lowest BCUT2D eigenvalue weighted by atomic mass is 10.2. The van der Waals surface area contributed by atoms with Gasteiger partial charge in [0, 0.05) is 42.6 Å². The summed E-state index contributed by atoms with van der Waals surface area (Å²) in [6, 6.07) is 16.6. The molecule has 5 aromatic rings. The van der Waals surface area contributed by atoms with Crippen molar-refractivity contribution in [2.45, 2.75) is 20.1 Å². The molecule has 5 rings (SSSR count). The van der Waals surface area contributed by atoms with Gasteiger partial charge in [0.1, 0.15) is 18.0 Å². The molecule has 0 saturated heterocycles. The van der Waals surface area contributed by atoms with Crippen molar-refractivity contribution in [3.8, 4) is 5.75 Å². The van der Waals surface area contributed by atoms with Gasteiger partial charge in [-0.05, 0) is 54.4 Å². The van der Waals surface area contributed by atoms with E-state index in [0.717, 1.165) is 16.9 Å². The van der Waals surface area contributed by atoms with Crippen molar-refractivity contribution < 1.29 is 9.53 Å². The molecule has 0 aliphatic heterocycles. The lowest BCUT2D eigenvalue weighted by molar-refractivity contribution is 0.102. The van der Waals surface area contributed by atoms with Crippen molar-refractivity contribution in [3.05, 3.63) is 108 Å². The number of pyridine rings is 2. The second-order valence-corrected chi connectivity index (χ2v) is 7.73. The predicted molar refractivity (Wildman–Crippen MR) is 124 cm³/mol. The van der Waals surface area contributed by atoms with Gasteiger partial charge in [0.2, 0.25) is 0 Å². The molecular formula is C25H22N6O2. The third-order valence-corrected chi connectivity index (χ3v) is 5.10. The molecule has 1 amide bonds. The number of hydrogen-bond acceptors (Lipinski definition) is 5. The number of carbonyl (C=O) groups is 1. The highest BCUT2D eigenvalue weighted by Crippen LogP contribution is 2.16. The van der Waals surface area contributed by atoms with Crippen LogP contribution in [-0.2, 0) is 13.2 Å². The summed E-state index contributed by atoms with van der Waals surface area (Å²) in [5, 5.41) is 7.22. The standard InChI is InChI=1S/C25H22N6O2/c1-18-4-9-24-27-21(16-30(24)14-18)17-33-22-7-5-20(6-8-22)25(32)28-23-10-12-31(29-23)15-19-3-2-11-26-13-19/h2-14,16H,15,17H2,1H3,(H,28,29,32). The number of fused-ring (bicyclic) bond motifs is 1. The van der Waals surface area contributed by atoms with Crippen LogP contribution in [-0.4, -0.2) is 30.1 Å². The number of ether oxygens (including phenoxy) is 1. The highest BCUT2D eigenvalue weighted by molar-refractivity contribution is 6.03. The molecule has 0 unspecified atom stereocenters. The number of rotatable bonds is 7. The molecule has 164 valence electrons. The van der Waals surface area contributed by atoms with Crippen molar-refractivity contribution in [1.82, 2.24) is 24.1 Å². The number of hydrogen-bond donors (Lipinski definition) is 1. The van der Waals surface area contributed by atoms with Crippen LogP contribution in [0.5, 0.6) is 5.75 Å². The van der Waals surface area contributed by atoms with Crippen LogP contribution >= 0.6 is 0 Å². The van der Waals surface area contributed by atoms with Crippen molar-refractivity contribution in [1.29, 1.82) is 0 Å². The second-order valence-electron chi connectivity index (χ2n) is 7.73. The van der Waals surface area contributed by atoms with Gasteiger partial charge in [0.05, 0.1) is 12.2 Å². The van der Waals surface area contributed by atoms with E-state index in [9.17, 15) is 4.79 Å². The monoisotopic (exact) mass is 438 g/mol. The van der Waals surface area contributed by atoms with E-state index in [4.69, 9.17) is 4.74 Å². The zero-order valence-corrected chi connectivity index (χ0v) is 18.0. The fourth-order valence-electron chi connectivity index (χ4n) is 3.47. The fraction of sp³-hybridized carbons (Fsp3) is 0.120. The SMILES string of the molecule is Cc1ccc2nc(COc3ccc(C(=O)Nc4ccn(Cc5cccnc5)n4)cc3)cn2c1. The van der Waals surface area contributed by atoms with E-state index in [1.54, 1.807) is 47.4 Å². The number of aryl methyl sites for hydroxylation is 1. The fourth-order valence-corrected chi connectivity index (χ4v) is 3.47. The maximum Gasteiger partial charge on any atom is 0.256 e. The quantitative estimate of drug-likeness (QED) is 0.413. The molecule has 0 aliphatic carbocycles. The Bertz CT molecular complexity index is 1390. The van der Waals surface area contributed by atoms with Gasteiger partial charge in [-0.1, -0.05) is 12.1 Å². The summed E-state index contributed by atoms with van der Waals surface area (Å²) in [5.41, 5.74) is 4.44. The summed E-state index contributed by atoms with van der Waals surface area (Å²) < 4.78 is 9.58. The molecule has 0 aliphatic rings. The van der Waals surface area contributed by atoms with E-state index in [0.29, 0.717) is 30.3 Å². The summed E-state index contributed by atoms with van der Waals surface area (Å²) in [5.74, 6) is 0.927. The summed E-state index contributed by atoms with van der Waals surface area (Å²) in [4.78, 5) is 21.2. The third kappa shape index (κ3) is 4.90. The Morgan fingerprint density at radius 3 is 2.76 bits per heavy atom. The topological polar surface area (TPSA) is 86.3 Å². The number of anilines is 1. The van der Waals surface area contributed by atoms with Gasteiger partial charge in [-0.25, -0.2) is 4.98 Å².